The minimum absolute atomic E-state index is 0. The van der Waals surface area contributed by atoms with Crippen molar-refractivity contribution in [2.24, 2.45) is 10.4 Å². The lowest BCUT2D eigenvalue weighted by Gasteiger charge is -2.42. The van der Waals surface area contributed by atoms with E-state index in [1.807, 2.05) is 7.05 Å². The van der Waals surface area contributed by atoms with Gasteiger partial charge >= 0.3 is 0 Å². The highest BCUT2D eigenvalue weighted by atomic mass is 127. The molecule has 0 spiro atoms. The van der Waals surface area contributed by atoms with E-state index in [1.54, 1.807) is 7.11 Å². The Labute approximate surface area is 187 Å². The average Bonchev–Trinajstić information content (AvgIpc) is 3.17. The summed E-state index contributed by atoms with van der Waals surface area (Å²) in [6.07, 6.45) is 10.3. The number of halogens is 1. The summed E-state index contributed by atoms with van der Waals surface area (Å²) in [5, 5.41) is 6.98. The molecule has 2 N–H and O–H groups in total. The second-order valence-corrected chi connectivity index (χ2v) is 8.01. The molecule has 0 atom stereocenters. The van der Waals surface area contributed by atoms with Crippen molar-refractivity contribution in [2.45, 2.75) is 64.0 Å². The van der Waals surface area contributed by atoms with Gasteiger partial charge in [0.25, 0.3) is 0 Å². The zero-order chi connectivity index (χ0) is 19.0. The molecule has 0 aliphatic heterocycles. The third kappa shape index (κ3) is 6.51. The van der Waals surface area contributed by atoms with Crippen molar-refractivity contribution in [3.05, 3.63) is 29.8 Å². The normalized spacial score (nSPS) is 18.9. The Bertz CT molecular complexity index is 614. The largest absolute Gasteiger partial charge is 0.490 e. The molecule has 0 amide bonds. The minimum atomic E-state index is 0. The lowest BCUT2D eigenvalue weighted by Crippen LogP contribution is -2.46. The molecule has 0 unspecified atom stereocenters. The molecule has 2 fully saturated rings. The molecule has 1 aromatic rings. The maximum Gasteiger partial charge on any atom is 0.191 e. The number of nitrogens with zero attached hydrogens (tertiary/aromatic N) is 1. The number of para-hydroxylation sites is 1. The van der Waals surface area contributed by atoms with Crippen molar-refractivity contribution in [1.82, 2.24) is 10.6 Å². The van der Waals surface area contributed by atoms with Gasteiger partial charge in [-0.25, -0.2) is 0 Å². The molecular weight excluding hydrogens is 465 g/mol. The summed E-state index contributed by atoms with van der Waals surface area (Å²) in [5.41, 5.74) is 1.56. The van der Waals surface area contributed by atoms with Crippen molar-refractivity contribution in [2.75, 3.05) is 27.3 Å². The van der Waals surface area contributed by atoms with Gasteiger partial charge < -0.3 is 20.1 Å². The first-order valence-electron chi connectivity index (χ1n) is 10.4. The molecule has 3 rings (SSSR count). The van der Waals surface area contributed by atoms with Gasteiger partial charge in [0.2, 0.25) is 0 Å². The van der Waals surface area contributed by atoms with E-state index in [9.17, 15) is 0 Å². The van der Waals surface area contributed by atoms with Crippen LogP contribution in [-0.4, -0.2) is 39.4 Å². The van der Waals surface area contributed by atoms with E-state index in [2.05, 4.69) is 39.9 Å². The maximum atomic E-state index is 6.24. The van der Waals surface area contributed by atoms with Crippen molar-refractivity contribution in [3.63, 3.8) is 0 Å². The SMILES string of the molecule is CN=C(NCc1ccccc1OC1CCCC1)NCC1(CCOC)CCC1.I. The molecule has 28 heavy (non-hydrogen) atoms. The maximum absolute atomic E-state index is 6.24. The average molecular weight is 501 g/mol. The van der Waals surface area contributed by atoms with E-state index >= 15 is 0 Å². The molecule has 2 saturated carbocycles. The van der Waals surface area contributed by atoms with Crippen LogP contribution < -0.4 is 15.4 Å². The highest BCUT2D eigenvalue weighted by molar-refractivity contribution is 14.0. The van der Waals surface area contributed by atoms with Gasteiger partial charge in [0.1, 0.15) is 5.75 Å². The number of methoxy groups -OCH3 is 1. The first-order chi connectivity index (χ1) is 13.2. The summed E-state index contributed by atoms with van der Waals surface area (Å²) in [7, 11) is 3.62. The molecule has 6 heteroatoms. The minimum Gasteiger partial charge on any atom is -0.490 e. The Morgan fingerprint density at radius 3 is 2.54 bits per heavy atom. The highest BCUT2D eigenvalue weighted by Gasteiger charge is 2.36. The zero-order valence-corrected chi connectivity index (χ0v) is 19.7. The number of guanidine groups is 1. The third-order valence-electron chi connectivity index (χ3n) is 6.12. The first-order valence-corrected chi connectivity index (χ1v) is 10.4. The number of ether oxygens (including phenoxy) is 2. The Balaban J connectivity index is 0.00000280. The molecule has 0 aromatic heterocycles. The quantitative estimate of drug-likeness (QED) is 0.297. The van der Waals surface area contributed by atoms with Gasteiger partial charge in [0.05, 0.1) is 6.10 Å². The molecule has 0 bridgehead atoms. The van der Waals surface area contributed by atoms with Crippen LogP contribution >= 0.6 is 24.0 Å². The molecule has 0 radical (unpaired) electrons. The van der Waals surface area contributed by atoms with E-state index in [0.29, 0.717) is 18.1 Å². The van der Waals surface area contributed by atoms with Gasteiger partial charge in [-0.2, -0.15) is 0 Å². The van der Waals surface area contributed by atoms with E-state index in [1.165, 1.54) is 50.5 Å². The van der Waals surface area contributed by atoms with E-state index < -0.39 is 0 Å². The second kappa shape index (κ2) is 11.9. The van der Waals surface area contributed by atoms with Crippen molar-refractivity contribution >= 4 is 29.9 Å². The molecule has 2 aliphatic carbocycles. The summed E-state index contributed by atoms with van der Waals surface area (Å²) in [6.45, 7) is 2.50. The fourth-order valence-corrected chi connectivity index (χ4v) is 4.13. The molecule has 2 aliphatic rings. The van der Waals surface area contributed by atoms with Crippen LogP contribution in [-0.2, 0) is 11.3 Å². The summed E-state index contributed by atoms with van der Waals surface area (Å²) < 4.78 is 11.5. The van der Waals surface area contributed by atoms with Crippen LogP contribution in [0.15, 0.2) is 29.3 Å². The standard InChI is InChI=1S/C22H35N3O2.HI/c1-23-21(25-17-22(12-7-13-22)14-15-26-2)24-16-18-8-3-6-11-20(18)27-19-9-4-5-10-19;/h3,6,8,11,19H,4-5,7,9-10,12-17H2,1-2H3,(H2,23,24,25);1H. The zero-order valence-electron chi connectivity index (χ0n) is 17.3. The molecule has 158 valence electrons. The van der Waals surface area contributed by atoms with Crippen LogP contribution in [0, 0.1) is 5.41 Å². The van der Waals surface area contributed by atoms with Crippen LogP contribution in [0.2, 0.25) is 0 Å². The predicted octanol–water partition coefficient (Wildman–Crippen LogP) is 4.50. The number of hydrogen-bond donors (Lipinski definition) is 2. The molecule has 1 aromatic carbocycles. The fraction of sp³-hybridized carbons (Fsp3) is 0.682. The van der Waals surface area contributed by atoms with Crippen LogP contribution in [0.25, 0.3) is 0 Å². The van der Waals surface area contributed by atoms with Crippen LogP contribution in [0.1, 0.15) is 56.9 Å². The van der Waals surface area contributed by atoms with Gasteiger partial charge in [0, 0.05) is 39.4 Å². The van der Waals surface area contributed by atoms with Crippen molar-refractivity contribution in [1.29, 1.82) is 0 Å². The van der Waals surface area contributed by atoms with Gasteiger partial charge in [-0.3, -0.25) is 4.99 Å². The number of hydrogen-bond acceptors (Lipinski definition) is 3. The Morgan fingerprint density at radius 1 is 1.14 bits per heavy atom. The Morgan fingerprint density at radius 2 is 1.89 bits per heavy atom. The van der Waals surface area contributed by atoms with Crippen LogP contribution in [0.4, 0.5) is 0 Å². The number of benzene rings is 1. The van der Waals surface area contributed by atoms with Gasteiger partial charge in [-0.05, 0) is 56.4 Å². The third-order valence-corrected chi connectivity index (χ3v) is 6.12. The van der Waals surface area contributed by atoms with E-state index in [0.717, 1.165) is 31.3 Å². The van der Waals surface area contributed by atoms with Gasteiger partial charge in [0.15, 0.2) is 5.96 Å². The molecular formula is C22H36IN3O2. The van der Waals surface area contributed by atoms with Gasteiger partial charge in [-0.1, -0.05) is 24.6 Å². The Hall–Kier alpha value is -1.02. The monoisotopic (exact) mass is 501 g/mol. The molecule has 0 heterocycles. The number of nitrogens with one attached hydrogen (secondary N) is 2. The smallest absolute Gasteiger partial charge is 0.191 e. The summed E-state index contributed by atoms with van der Waals surface area (Å²) in [4.78, 5) is 4.40. The van der Waals surface area contributed by atoms with Gasteiger partial charge in [-0.15, -0.1) is 24.0 Å². The van der Waals surface area contributed by atoms with Crippen molar-refractivity contribution in [3.8, 4) is 5.75 Å². The molecule has 5 nitrogen and oxygen atoms in total. The topological polar surface area (TPSA) is 54.9 Å². The summed E-state index contributed by atoms with van der Waals surface area (Å²) in [5.74, 6) is 1.86. The lowest BCUT2D eigenvalue weighted by molar-refractivity contribution is 0.0732. The first kappa shape index (κ1) is 23.3. The predicted molar refractivity (Wildman–Crippen MR) is 126 cm³/mol. The second-order valence-electron chi connectivity index (χ2n) is 8.01. The van der Waals surface area contributed by atoms with Crippen LogP contribution in [0.3, 0.4) is 0 Å². The van der Waals surface area contributed by atoms with Crippen LogP contribution in [0.5, 0.6) is 5.75 Å². The highest BCUT2D eigenvalue weighted by Crippen LogP contribution is 2.43. The van der Waals surface area contributed by atoms with E-state index in [-0.39, 0.29) is 24.0 Å². The summed E-state index contributed by atoms with van der Waals surface area (Å²) >= 11 is 0. The van der Waals surface area contributed by atoms with Crippen molar-refractivity contribution < 1.29 is 9.47 Å². The fourth-order valence-electron chi connectivity index (χ4n) is 4.13. The number of rotatable bonds is 9. The number of aliphatic imine (C=N–C) groups is 1. The van der Waals surface area contributed by atoms with E-state index in [4.69, 9.17) is 9.47 Å². The Kier molecular flexibility index (Phi) is 9.85. The summed E-state index contributed by atoms with van der Waals surface area (Å²) in [6, 6.07) is 8.34. The lowest BCUT2D eigenvalue weighted by atomic mass is 9.67. The molecule has 0 saturated heterocycles.